The molecule has 2 N–H and O–H groups in total. The van der Waals surface area contributed by atoms with Gasteiger partial charge in [0.2, 0.25) is 0 Å². The third kappa shape index (κ3) is 4.70. The molecule has 1 fully saturated rings. The molecule has 1 aliphatic heterocycles. The maximum absolute atomic E-state index is 12.4. The number of H-pyrrole nitrogens is 1. The van der Waals surface area contributed by atoms with Crippen molar-refractivity contribution in [3.8, 4) is 0 Å². The first-order chi connectivity index (χ1) is 12.0. The number of aryl methyl sites for hydroxylation is 1. The van der Waals surface area contributed by atoms with Crippen LogP contribution in [0.3, 0.4) is 0 Å². The molecule has 1 saturated heterocycles. The molecular weight excluding hydrogens is 316 g/mol. The minimum Gasteiger partial charge on any atom is -0.352 e. The molecule has 1 atom stereocenters. The van der Waals surface area contributed by atoms with Crippen LogP contribution < -0.4 is 10.9 Å². The van der Waals surface area contributed by atoms with Crippen molar-refractivity contribution in [3.63, 3.8) is 0 Å². The second-order valence-corrected chi connectivity index (χ2v) is 7.62. The van der Waals surface area contributed by atoms with Gasteiger partial charge in [-0.3, -0.25) is 9.59 Å². The number of aromatic nitrogens is 1. The van der Waals surface area contributed by atoms with Crippen molar-refractivity contribution < 1.29 is 4.79 Å². The van der Waals surface area contributed by atoms with Crippen molar-refractivity contribution in [2.75, 3.05) is 46.3 Å². The van der Waals surface area contributed by atoms with E-state index < -0.39 is 0 Å². The van der Waals surface area contributed by atoms with E-state index >= 15 is 0 Å². The second-order valence-electron chi connectivity index (χ2n) is 7.62. The summed E-state index contributed by atoms with van der Waals surface area (Å²) in [5, 5.41) is 2.91. The molecule has 25 heavy (non-hydrogen) atoms. The molecule has 2 aliphatic rings. The summed E-state index contributed by atoms with van der Waals surface area (Å²) in [7, 11) is 2.15. The lowest BCUT2D eigenvalue weighted by molar-refractivity contribution is 0.0947. The Labute approximate surface area is 149 Å². The summed E-state index contributed by atoms with van der Waals surface area (Å²) in [5.74, 6) is 0.360. The number of likely N-dealkylation sites (N-methyl/N-ethyl adjacent to an activating group) is 1. The highest BCUT2D eigenvalue weighted by Crippen LogP contribution is 2.23. The van der Waals surface area contributed by atoms with Gasteiger partial charge in [-0.1, -0.05) is 6.92 Å². The summed E-state index contributed by atoms with van der Waals surface area (Å²) >= 11 is 0. The van der Waals surface area contributed by atoms with Crippen LogP contribution in [0.5, 0.6) is 0 Å². The Kier molecular flexibility index (Phi) is 5.91. The zero-order chi connectivity index (χ0) is 17.8. The molecule has 1 unspecified atom stereocenters. The van der Waals surface area contributed by atoms with Crippen molar-refractivity contribution in [3.05, 3.63) is 33.2 Å². The zero-order valence-corrected chi connectivity index (χ0v) is 15.4. The fourth-order valence-electron chi connectivity index (χ4n) is 3.72. The van der Waals surface area contributed by atoms with Crippen LogP contribution in [0.25, 0.3) is 0 Å². The van der Waals surface area contributed by atoms with Crippen LogP contribution in [0.15, 0.2) is 10.9 Å². The van der Waals surface area contributed by atoms with Crippen LogP contribution in [-0.4, -0.2) is 67.0 Å². The van der Waals surface area contributed by atoms with Crippen LogP contribution in [0.4, 0.5) is 0 Å². The molecule has 1 amide bonds. The number of piperazine rings is 1. The highest BCUT2D eigenvalue weighted by atomic mass is 16.2. The normalized spacial score (nSPS) is 21.8. The average molecular weight is 346 g/mol. The van der Waals surface area contributed by atoms with Gasteiger partial charge in [0, 0.05) is 38.4 Å². The minimum absolute atomic E-state index is 0.249. The number of fused-ring (bicyclic) bond motifs is 1. The predicted molar refractivity (Wildman–Crippen MR) is 99.1 cm³/mol. The monoisotopic (exact) mass is 346 g/mol. The van der Waals surface area contributed by atoms with Crippen LogP contribution in [0, 0.1) is 5.92 Å². The van der Waals surface area contributed by atoms with Crippen molar-refractivity contribution in [2.45, 2.75) is 32.6 Å². The molecule has 138 valence electrons. The molecule has 0 spiro atoms. The first kappa shape index (κ1) is 18.1. The number of nitrogens with one attached hydrogen (secondary N) is 2. The molecule has 0 bridgehead atoms. The third-order valence-electron chi connectivity index (χ3n) is 5.45. The molecule has 1 aromatic heterocycles. The molecule has 1 aliphatic carbocycles. The lowest BCUT2D eigenvalue weighted by atomic mass is 9.87. The van der Waals surface area contributed by atoms with E-state index in [2.05, 4.69) is 34.1 Å². The van der Waals surface area contributed by atoms with Gasteiger partial charge in [-0.2, -0.15) is 0 Å². The zero-order valence-electron chi connectivity index (χ0n) is 15.4. The summed E-state index contributed by atoms with van der Waals surface area (Å²) in [5.41, 5.74) is 2.13. The van der Waals surface area contributed by atoms with Gasteiger partial charge in [0.1, 0.15) is 5.56 Å². The van der Waals surface area contributed by atoms with E-state index in [1.807, 2.05) is 0 Å². The fourth-order valence-corrected chi connectivity index (χ4v) is 3.72. The first-order valence-corrected chi connectivity index (χ1v) is 9.47. The third-order valence-corrected chi connectivity index (χ3v) is 5.45. The number of carbonyl (C=O) groups is 1. The SMILES string of the molecule is CC1CCc2[nH]c(=O)c(C(=O)NCCCN3CCN(C)CC3)cc2C1. The summed E-state index contributed by atoms with van der Waals surface area (Å²) in [6, 6.07) is 1.81. The van der Waals surface area contributed by atoms with Crippen molar-refractivity contribution in [2.24, 2.45) is 5.92 Å². The lowest BCUT2D eigenvalue weighted by Crippen LogP contribution is -2.45. The quantitative estimate of drug-likeness (QED) is 0.776. The lowest BCUT2D eigenvalue weighted by Gasteiger charge is -2.32. The summed E-state index contributed by atoms with van der Waals surface area (Å²) in [6.45, 7) is 8.21. The van der Waals surface area contributed by atoms with E-state index in [-0.39, 0.29) is 17.0 Å². The highest BCUT2D eigenvalue weighted by molar-refractivity contribution is 5.94. The number of amides is 1. The minimum atomic E-state index is -0.259. The molecule has 1 aromatic rings. The van der Waals surface area contributed by atoms with Crippen LogP contribution in [-0.2, 0) is 12.8 Å². The maximum atomic E-state index is 12.4. The molecule has 0 saturated carbocycles. The Morgan fingerprint density at radius 1 is 1.32 bits per heavy atom. The number of hydrogen-bond acceptors (Lipinski definition) is 4. The number of nitrogens with zero attached hydrogens (tertiary/aromatic N) is 2. The second kappa shape index (κ2) is 8.15. The maximum Gasteiger partial charge on any atom is 0.261 e. The molecule has 6 heteroatoms. The molecular formula is C19H30N4O2. The molecule has 3 rings (SSSR count). The number of hydrogen-bond donors (Lipinski definition) is 2. The van der Waals surface area contributed by atoms with Crippen LogP contribution in [0.1, 0.15) is 41.4 Å². The molecule has 0 aromatic carbocycles. The average Bonchev–Trinajstić information content (AvgIpc) is 2.60. The van der Waals surface area contributed by atoms with Crippen molar-refractivity contribution in [1.82, 2.24) is 20.1 Å². The topological polar surface area (TPSA) is 68.4 Å². The van der Waals surface area contributed by atoms with E-state index in [0.29, 0.717) is 12.5 Å². The van der Waals surface area contributed by atoms with Crippen LogP contribution in [0.2, 0.25) is 0 Å². The number of pyridine rings is 1. The smallest absolute Gasteiger partial charge is 0.261 e. The number of aromatic amines is 1. The van der Waals surface area contributed by atoms with E-state index in [1.165, 1.54) is 0 Å². The van der Waals surface area contributed by atoms with Gasteiger partial charge in [0.05, 0.1) is 0 Å². The first-order valence-electron chi connectivity index (χ1n) is 9.47. The Balaban J connectivity index is 1.50. The van der Waals surface area contributed by atoms with Crippen molar-refractivity contribution >= 4 is 5.91 Å². The Morgan fingerprint density at radius 3 is 2.84 bits per heavy atom. The predicted octanol–water partition coefficient (Wildman–Crippen LogP) is 0.867. The summed E-state index contributed by atoms with van der Waals surface area (Å²) < 4.78 is 0. The van der Waals surface area contributed by atoms with Gasteiger partial charge in [-0.25, -0.2) is 0 Å². The van der Waals surface area contributed by atoms with E-state index in [1.54, 1.807) is 6.07 Å². The molecule has 6 nitrogen and oxygen atoms in total. The highest BCUT2D eigenvalue weighted by Gasteiger charge is 2.20. The molecule has 0 radical (unpaired) electrons. The van der Waals surface area contributed by atoms with Gasteiger partial charge in [0.15, 0.2) is 0 Å². The van der Waals surface area contributed by atoms with Gasteiger partial charge in [-0.05, 0) is 56.8 Å². The fraction of sp³-hybridized carbons (Fsp3) is 0.684. The Hall–Kier alpha value is -1.66. The Morgan fingerprint density at radius 2 is 2.08 bits per heavy atom. The largest absolute Gasteiger partial charge is 0.352 e. The van der Waals surface area contributed by atoms with Gasteiger partial charge >= 0.3 is 0 Å². The van der Waals surface area contributed by atoms with E-state index in [9.17, 15) is 9.59 Å². The van der Waals surface area contributed by atoms with E-state index in [4.69, 9.17) is 0 Å². The van der Waals surface area contributed by atoms with Crippen molar-refractivity contribution in [1.29, 1.82) is 0 Å². The number of carbonyl (C=O) groups excluding carboxylic acids is 1. The van der Waals surface area contributed by atoms with Gasteiger partial charge in [-0.15, -0.1) is 0 Å². The summed E-state index contributed by atoms with van der Waals surface area (Å²) in [4.78, 5) is 32.3. The molecule has 2 heterocycles. The van der Waals surface area contributed by atoms with Gasteiger partial charge < -0.3 is 20.1 Å². The Bertz CT molecular complexity index is 662. The number of rotatable bonds is 5. The van der Waals surface area contributed by atoms with Crippen LogP contribution >= 0.6 is 0 Å². The standard InChI is InChI=1S/C19H30N4O2/c1-14-4-5-17-15(12-14)13-16(19(25)21-17)18(24)20-6-3-7-23-10-8-22(2)9-11-23/h13-14H,3-12H2,1-2H3,(H,20,24)(H,21,25). The summed E-state index contributed by atoms with van der Waals surface area (Å²) in [6.07, 6.45) is 3.85. The van der Waals surface area contributed by atoms with E-state index in [0.717, 1.165) is 69.7 Å². The van der Waals surface area contributed by atoms with Gasteiger partial charge in [0.25, 0.3) is 11.5 Å².